The second kappa shape index (κ2) is 9.26. The van der Waals surface area contributed by atoms with Gasteiger partial charge in [0.05, 0.1) is 0 Å². The summed E-state index contributed by atoms with van der Waals surface area (Å²) in [4.78, 5) is 26.6. The Kier molecular flexibility index (Phi) is 6.78. The topological polar surface area (TPSA) is 61.4 Å². The minimum absolute atomic E-state index is 0.0313. The molecule has 0 radical (unpaired) electrons. The lowest BCUT2D eigenvalue weighted by molar-refractivity contribution is -0.126. The Balaban J connectivity index is 1.40. The van der Waals surface area contributed by atoms with Gasteiger partial charge in [0.1, 0.15) is 0 Å². The summed E-state index contributed by atoms with van der Waals surface area (Å²) in [5.74, 6) is 0.0217. The molecular formula is C20H28ClN3O2. The molecule has 0 unspecified atom stereocenters. The number of benzene rings is 1. The first kappa shape index (κ1) is 19.0. The van der Waals surface area contributed by atoms with Crippen molar-refractivity contribution in [2.24, 2.45) is 5.92 Å². The highest BCUT2D eigenvalue weighted by Gasteiger charge is 2.28. The number of rotatable bonds is 4. The van der Waals surface area contributed by atoms with E-state index in [4.69, 9.17) is 11.6 Å². The van der Waals surface area contributed by atoms with Crippen molar-refractivity contribution in [2.45, 2.75) is 57.5 Å². The monoisotopic (exact) mass is 377 g/mol. The van der Waals surface area contributed by atoms with Crippen LogP contribution in [-0.2, 0) is 11.3 Å². The SMILES string of the molecule is O=C(NCc1ccccc1Cl)C1CCN(C(=O)NC2CCCCC2)CC1. The van der Waals surface area contributed by atoms with Gasteiger partial charge in [-0.1, -0.05) is 49.1 Å². The standard InChI is InChI=1S/C20H28ClN3O2/c21-18-9-5-4-6-16(18)14-22-19(25)15-10-12-24(13-11-15)20(26)23-17-7-2-1-3-8-17/h4-6,9,15,17H,1-3,7-8,10-14H2,(H,22,25)(H,23,26). The zero-order chi connectivity index (χ0) is 18.4. The van der Waals surface area contributed by atoms with Crippen molar-refractivity contribution < 1.29 is 9.59 Å². The van der Waals surface area contributed by atoms with Gasteiger partial charge in [0.15, 0.2) is 0 Å². The van der Waals surface area contributed by atoms with Crippen molar-refractivity contribution in [2.75, 3.05) is 13.1 Å². The molecule has 142 valence electrons. The number of carbonyl (C=O) groups is 2. The first-order valence-electron chi connectivity index (χ1n) is 9.70. The Labute approximate surface area is 160 Å². The van der Waals surface area contributed by atoms with Gasteiger partial charge in [-0.2, -0.15) is 0 Å². The van der Waals surface area contributed by atoms with E-state index in [1.54, 1.807) is 0 Å². The van der Waals surface area contributed by atoms with Crippen LogP contribution in [0.5, 0.6) is 0 Å². The molecule has 2 fully saturated rings. The minimum atomic E-state index is -0.0313. The molecule has 0 bridgehead atoms. The maximum Gasteiger partial charge on any atom is 0.317 e. The van der Waals surface area contributed by atoms with Crippen molar-refractivity contribution in [3.05, 3.63) is 34.9 Å². The fraction of sp³-hybridized carbons (Fsp3) is 0.600. The van der Waals surface area contributed by atoms with Crippen molar-refractivity contribution in [3.8, 4) is 0 Å². The summed E-state index contributed by atoms with van der Waals surface area (Å²) >= 11 is 6.12. The number of hydrogen-bond acceptors (Lipinski definition) is 2. The third-order valence-electron chi connectivity index (χ3n) is 5.50. The van der Waals surface area contributed by atoms with Gasteiger partial charge in [-0.25, -0.2) is 4.79 Å². The summed E-state index contributed by atoms with van der Waals surface area (Å²) in [5.41, 5.74) is 0.923. The number of hydrogen-bond donors (Lipinski definition) is 2. The highest BCUT2D eigenvalue weighted by atomic mass is 35.5. The molecule has 5 nitrogen and oxygen atoms in total. The molecule has 26 heavy (non-hydrogen) atoms. The molecule has 0 atom stereocenters. The summed E-state index contributed by atoms with van der Waals surface area (Å²) in [5, 5.41) is 6.80. The van der Waals surface area contributed by atoms with Gasteiger partial charge in [0, 0.05) is 36.6 Å². The van der Waals surface area contributed by atoms with Crippen LogP contribution in [-0.4, -0.2) is 36.0 Å². The molecule has 1 aliphatic heterocycles. The van der Waals surface area contributed by atoms with Crippen LogP contribution in [0.1, 0.15) is 50.5 Å². The Morgan fingerprint density at radius 1 is 1.04 bits per heavy atom. The van der Waals surface area contributed by atoms with E-state index in [2.05, 4.69) is 10.6 Å². The number of likely N-dealkylation sites (tertiary alicyclic amines) is 1. The largest absolute Gasteiger partial charge is 0.352 e. The molecule has 3 amide bonds. The number of nitrogens with zero attached hydrogens (tertiary/aromatic N) is 1. The van der Waals surface area contributed by atoms with Gasteiger partial charge in [-0.15, -0.1) is 0 Å². The van der Waals surface area contributed by atoms with Gasteiger partial charge < -0.3 is 15.5 Å². The van der Waals surface area contributed by atoms with Crippen molar-refractivity contribution in [3.63, 3.8) is 0 Å². The third-order valence-corrected chi connectivity index (χ3v) is 5.87. The van der Waals surface area contributed by atoms with E-state index in [-0.39, 0.29) is 17.9 Å². The van der Waals surface area contributed by atoms with Crippen LogP contribution in [0.3, 0.4) is 0 Å². The molecule has 2 N–H and O–H groups in total. The van der Waals surface area contributed by atoms with Crippen LogP contribution in [0.15, 0.2) is 24.3 Å². The number of halogens is 1. The summed E-state index contributed by atoms with van der Waals surface area (Å²) < 4.78 is 0. The first-order chi connectivity index (χ1) is 12.6. The smallest absolute Gasteiger partial charge is 0.317 e. The second-order valence-corrected chi connectivity index (χ2v) is 7.76. The van der Waals surface area contributed by atoms with E-state index in [0.29, 0.717) is 43.5 Å². The lowest BCUT2D eigenvalue weighted by Crippen LogP contribution is -2.49. The molecule has 6 heteroatoms. The molecule has 0 spiro atoms. The van der Waals surface area contributed by atoms with Crippen molar-refractivity contribution in [1.29, 1.82) is 0 Å². The van der Waals surface area contributed by atoms with Crippen LogP contribution >= 0.6 is 11.6 Å². The molecule has 1 aromatic rings. The number of piperidine rings is 1. The van der Waals surface area contributed by atoms with E-state index in [1.807, 2.05) is 29.2 Å². The van der Waals surface area contributed by atoms with E-state index in [1.165, 1.54) is 19.3 Å². The predicted molar refractivity (Wildman–Crippen MR) is 103 cm³/mol. The molecule has 3 rings (SSSR count). The first-order valence-corrected chi connectivity index (χ1v) is 10.1. The van der Waals surface area contributed by atoms with Gasteiger partial charge in [0.25, 0.3) is 0 Å². The minimum Gasteiger partial charge on any atom is -0.352 e. The van der Waals surface area contributed by atoms with E-state index in [0.717, 1.165) is 18.4 Å². The van der Waals surface area contributed by atoms with Gasteiger partial charge in [-0.05, 0) is 37.3 Å². The zero-order valence-corrected chi connectivity index (χ0v) is 15.9. The Morgan fingerprint density at radius 3 is 2.42 bits per heavy atom. The molecule has 1 heterocycles. The van der Waals surface area contributed by atoms with Crippen LogP contribution in [0.25, 0.3) is 0 Å². The van der Waals surface area contributed by atoms with Gasteiger partial charge in [-0.3, -0.25) is 4.79 Å². The maximum atomic E-state index is 12.4. The Bertz CT molecular complexity index is 623. The normalized spacial score (nSPS) is 19.2. The predicted octanol–water partition coefficient (Wildman–Crippen LogP) is 3.71. The molecule has 1 aliphatic carbocycles. The summed E-state index contributed by atoms with van der Waals surface area (Å²) in [6.07, 6.45) is 7.30. The average molecular weight is 378 g/mol. The number of carbonyl (C=O) groups excluding carboxylic acids is 2. The molecule has 2 aliphatic rings. The quantitative estimate of drug-likeness (QED) is 0.840. The van der Waals surface area contributed by atoms with Crippen LogP contribution in [0, 0.1) is 5.92 Å². The highest BCUT2D eigenvalue weighted by molar-refractivity contribution is 6.31. The van der Waals surface area contributed by atoms with Gasteiger partial charge in [0.2, 0.25) is 5.91 Å². The van der Waals surface area contributed by atoms with Crippen molar-refractivity contribution >= 4 is 23.5 Å². The highest BCUT2D eigenvalue weighted by Crippen LogP contribution is 2.21. The lowest BCUT2D eigenvalue weighted by Gasteiger charge is -2.33. The molecular weight excluding hydrogens is 350 g/mol. The fourth-order valence-electron chi connectivity index (χ4n) is 3.83. The second-order valence-electron chi connectivity index (χ2n) is 7.35. The zero-order valence-electron chi connectivity index (χ0n) is 15.2. The Hall–Kier alpha value is -1.75. The van der Waals surface area contributed by atoms with E-state index < -0.39 is 0 Å². The third kappa shape index (κ3) is 5.13. The van der Waals surface area contributed by atoms with Crippen LogP contribution in [0.2, 0.25) is 5.02 Å². The number of nitrogens with one attached hydrogen (secondary N) is 2. The molecule has 1 saturated heterocycles. The molecule has 1 aromatic carbocycles. The number of amides is 3. The molecule has 0 aromatic heterocycles. The number of urea groups is 1. The van der Waals surface area contributed by atoms with E-state index in [9.17, 15) is 9.59 Å². The summed E-state index contributed by atoms with van der Waals surface area (Å²) in [6.45, 7) is 1.73. The van der Waals surface area contributed by atoms with Crippen LogP contribution < -0.4 is 10.6 Å². The van der Waals surface area contributed by atoms with Crippen LogP contribution in [0.4, 0.5) is 4.79 Å². The molecule has 1 saturated carbocycles. The fourth-order valence-corrected chi connectivity index (χ4v) is 4.03. The van der Waals surface area contributed by atoms with Gasteiger partial charge >= 0.3 is 6.03 Å². The van der Waals surface area contributed by atoms with Crippen molar-refractivity contribution in [1.82, 2.24) is 15.5 Å². The maximum absolute atomic E-state index is 12.4. The summed E-state index contributed by atoms with van der Waals surface area (Å²) in [6, 6.07) is 7.89. The Morgan fingerprint density at radius 2 is 1.73 bits per heavy atom. The lowest BCUT2D eigenvalue weighted by atomic mass is 9.95. The van der Waals surface area contributed by atoms with E-state index >= 15 is 0 Å². The summed E-state index contributed by atoms with van der Waals surface area (Å²) in [7, 11) is 0. The average Bonchev–Trinajstić information content (AvgIpc) is 2.68.